The molecule has 0 aromatic heterocycles. The van der Waals surface area contributed by atoms with Crippen LogP contribution in [-0.4, -0.2) is 44.3 Å². The van der Waals surface area contributed by atoms with E-state index in [4.69, 9.17) is 10.5 Å². The molecule has 2 unspecified atom stereocenters. The first-order valence-electron chi connectivity index (χ1n) is 8.04. The van der Waals surface area contributed by atoms with Crippen molar-refractivity contribution in [2.75, 3.05) is 33.3 Å². The minimum atomic E-state index is 0.380. The van der Waals surface area contributed by atoms with Crippen LogP contribution in [0.5, 0.6) is 0 Å². The molecule has 0 radical (unpaired) electrons. The first kappa shape index (κ1) is 15.3. The fourth-order valence-corrected chi connectivity index (χ4v) is 3.82. The van der Waals surface area contributed by atoms with Crippen LogP contribution < -0.4 is 5.73 Å². The molecule has 1 saturated heterocycles. The Bertz CT molecular complexity index is 274. The van der Waals surface area contributed by atoms with Gasteiger partial charge in [0.25, 0.3) is 0 Å². The predicted molar refractivity (Wildman–Crippen MR) is 80.1 cm³/mol. The molecule has 1 aliphatic carbocycles. The zero-order valence-electron chi connectivity index (χ0n) is 13.0. The third kappa shape index (κ3) is 3.71. The van der Waals surface area contributed by atoms with E-state index in [1.54, 1.807) is 0 Å². The van der Waals surface area contributed by atoms with Crippen molar-refractivity contribution >= 4 is 0 Å². The van der Waals surface area contributed by atoms with Crippen molar-refractivity contribution in [3.8, 4) is 0 Å². The standard InChI is InChI=1S/C16H32N2O/c1-13-4-7-16(11-17,8-5-13)12-18-9-6-14(2)15(10-18)19-3/h13-15H,4-12,17H2,1-3H3. The Morgan fingerprint density at radius 2 is 1.89 bits per heavy atom. The summed E-state index contributed by atoms with van der Waals surface area (Å²) in [5.41, 5.74) is 6.52. The molecule has 112 valence electrons. The highest BCUT2D eigenvalue weighted by Crippen LogP contribution is 2.39. The van der Waals surface area contributed by atoms with Gasteiger partial charge in [0.1, 0.15) is 0 Å². The van der Waals surface area contributed by atoms with Crippen LogP contribution in [0.2, 0.25) is 0 Å². The molecule has 3 nitrogen and oxygen atoms in total. The van der Waals surface area contributed by atoms with E-state index in [9.17, 15) is 0 Å². The fraction of sp³-hybridized carbons (Fsp3) is 1.00. The normalized spacial score (nSPS) is 41.4. The number of likely N-dealkylation sites (tertiary alicyclic amines) is 1. The zero-order valence-corrected chi connectivity index (χ0v) is 13.0. The van der Waals surface area contributed by atoms with Gasteiger partial charge in [-0.2, -0.15) is 0 Å². The first-order chi connectivity index (χ1) is 9.08. The maximum atomic E-state index is 6.14. The molecule has 0 spiro atoms. The highest BCUT2D eigenvalue weighted by atomic mass is 16.5. The van der Waals surface area contributed by atoms with Gasteiger partial charge in [-0.25, -0.2) is 0 Å². The van der Waals surface area contributed by atoms with Gasteiger partial charge in [-0.05, 0) is 49.6 Å². The van der Waals surface area contributed by atoms with Crippen LogP contribution in [0, 0.1) is 17.3 Å². The Morgan fingerprint density at radius 1 is 1.21 bits per heavy atom. The van der Waals surface area contributed by atoms with Crippen LogP contribution in [0.4, 0.5) is 0 Å². The number of piperidine rings is 1. The SMILES string of the molecule is COC1CN(CC2(CN)CCC(C)CC2)CCC1C. The molecule has 0 bridgehead atoms. The zero-order chi connectivity index (χ0) is 13.9. The third-order valence-corrected chi connectivity index (χ3v) is 5.60. The van der Waals surface area contributed by atoms with Gasteiger partial charge in [-0.15, -0.1) is 0 Å². The van der Waals surface area contributed by atoms with Crippen molar-refractivity contribution in [2.24, 2.45) is 23.0 Å². The van der Waals surface area contributed by atoms with Crippen molar-refractivity contribution in [1.82, 2.24) is 4.90 Å². The Morgan fingerprint density at radius 3 is 2.47 bits per heavy atom. The molecule has 1 saturated carbocycles. The lowest BCUT2D eigenvalue weighted by Gasteiger charge is -2.45. The number of nitrogens with zero attached hydrogens (tertiary/aromatic N) is 1. The van der Waals surface area contributed by atoms with Crippen LogP contribution in [0.1, 0.15) is 46.0 Å². The third-order valence-electron chi connectivity index (χ3n) is 5.60. The van der Waals surface area contributed by atoms with Gasteiger partial charge >= 0.3 is 0 Å². The summed E-state index contributed by atoms with van der Waals surface area (Å²) in [6.07, 6.45) is 7.01. The summed E-state index contributed by atoms with van der Waals surface area (Å²) in [5, 5.41) is 0. The second-order valence-electron chi connectivity index (χ2n) is 7.16. The molecule has 2 N–H and O–H groups in total. The Kier molecular flexibility index (Phi) is 5.27. The van der Waals surface area contributed by atoms with Crippen LogP contribution in [0.15, 0.2) is 0 Å². The Hall–Kier alpha value is -0.120. The van der Waals surface area contributed by atoms with Gasteiger partial charge < -0.3 is 15.4 Å². The minimum Gasteiger partial charge on any atom is -0.380 e. The lowest BCUT2D eigenvalue weighted by molar-refractivity contribution is -0.0233. The minimum absolute atomic E-state index is 0.380. The van der Waals surface area contributed by atoms with Crippen LogP contribution >= 0.6 is 0 Å². The second kappa shape index (κ2) is 6.55. The summed E-state index contributed by atoms with van der Waals surface area (Å²) in [4.78, 5) is 2.61. The number of methoxy groups -OCH3 is 1. The lowest BCUT2D eigenvalue weighted by atomic mass is 9.70. The molecule has 2 rings (SSSR count). The number of hydrogen-bond donors (Lipinski definition) is 1. The van der Waals surface area contributed by atoms with E-state index < -0.39 is 0 Å². The summed E-state index contributed by atoms with van der Waals surface area (Å²) >= 11 is 0. The monoisotopic (exact) mass is 268 g/mol. The molecule has 1 aliphatic heterocycles. The lowest BCUT2D eigenvalue weighted by Crippen LogP contribution is -2.51. The van der Waals surface area contributed by atoms with Crippen LogP contribution in [-0.2, 0) is 4.74 Å². The van der Waals surface area contributed by atoms with E-state index in [-0.39, 0.29) is 0 Å². The van der Waals surface area contributed by atoms with Crippen molar-refractivity contribution in [3.63, 3.8) is 0 Å². The van der Waals surface area contributed by atoms with Gasteiger partial charge in [0, 0.05) is 20.2 Å². The number of hydrogen-bond acceptors (Lipinski definition) is 3. The fourth-order valence-electron chi connectivity index (χ4n) is 3.82. The molecule has 19 heavy (non-hydrogen) atoms. The number of rotatable bonds is 4. The van der Waals surface area contributed by atoms with Crippen molar-refractivity contribution in [2.45, 2.75) is 52.1 Å². The molecule has 2 atom stereocenters. The quantitative estimate of drug-likeness (QED) is 0.851. The van der Waals surface area contributed by atoms with E-state index in [1.807, 2.05) is 7.11 Å². The molecular formula is C16H32N2O. The van der Waals surface area contributed by atoms with Crippen molar-refractivity contribution < 1.29 is 4.74 Å². The van der Waals surface area contributed by atoms with Gasteiger partial charge in [-0.1, -0.05) is 26.7 Å². The molecule has 0 amide bonds. The largest absolute Gasteiger partial charge is 0.380 e. The molecule has 2 fully saturated rings. The van der Waals surface area contributed by atoms with E-state index in [1.165, 1.54) is 45.2 Å². The maximum absolute atomic E-state index is 6.14. The summed E-state index contributed by atoms with van der Waals surface area (Å²) < 4.78 is 5.63. The highest BCUT2D eigenvalue weighted by Gasteiger charge is 2.36. The van der Waals surface area contributed by atoms with Crippen molar-refractivity contribution in [3.05, 3.63) is 0 Å². The first-order valence-corrected chi connectivity index (χ1v) is 8.04. The predicted octanol–water partition coefficient (Wildman–Crippen LogP) is 2.50. The van der Waals surface area contributed by atoms with E-state index in [0.717, 1.165) is 19.0 Å². The topological polar surface area (TPSA) is 38.5 Å². The van der Waals surface area contributed by atoms with E-state index in [0.29, 0.717) is 17.4 Å². The van der Waals surface area contributed by atoms with Gasteiger partial charge in [0.2, 0.25) is 0 Å². The second-order valence-corrected chi connectivity index (χ2v) is 7.16. The molecule has 1 heterocycles. The smallest absolute Gasteiger partial charge is 0.0724 e. The van der Waals surface area contributed by atoms with Crippen LogP contribution in [0.25, 0.3) is 0 Å². The maximum Gasteiger partial charge on any atom is 0.0724 e. The van der Waals surface area contributed by atoms with Crippen molar-refractivity contribution in [1.29, 1.82) is 0 Å². The van der Waals surface area contributed by atoms with Crippen LogP contribution in [0.3, 0.4) is 0 Å². The van der Waals surface area contributed by atoms with Gasteiger partial charge in [0.15, 0.2) is 0 Å². The molecule has 2 aliphatic rings. The summed E-state index contributed by atoms with van der Waals surface area (Å²) in [7, 11) is 1.85. The average Bonchev–Trinajstić information content (AvgIpc) is 2.44. The molecular weight excluding hydrogens is 236 g/mol. The molecule has 3 heteroatoms. The molecule has 0 aromatic carbocycles. The summed E-state index contributed by atoms with van der Waals surface area (Å²) in [6, 6.07) is 0. The number of nitrogens with two attached hydrogens (primary N) is 1. The van der Waals surface area contributed by atoms with E-state index in [2.05, 4.69) is 18.7 Å². The van der Waals surface area contributed by atoms with Gasteiger partial charge in [-0.3, -0.25) is 0 Å². The van der Waals surface area contributed by atoms with E-state index >= 15 is 0 Å². The highest BCUT2D eigenvalue weighted by molar-refractivity contribution is 4.90. The summed E-state index contributed by atoms with van der Waals surface area (Å²) in [5.74, 6) is 1.59. The number of ether oxygens (including phenoxy) is 1. The Balaban J connectivity index is 1.91. The molecule has 0 aromatic rings. The average molecular weight is 268 g/mol. The Labute approximate surface area is 118 Å². The van der Waals surface area contributed by atoms with Gasteiger partial charge in [0.05, 0.1) is 6.10 Å². The summed E-state index contributed by atoms with van der Waals surface area (Å²) in [6.45, 7) is 9.04.